The normalized spacial score (nSPS) is 12.0. The van der Waals surface area contributed by atoms with E-state index >= 15 is 0 Å². The van der Waals surface area contributed by atoms with Crippen LogP contribution in [0, 0.1) is 0 Å². The maximum absolute atomic E-state index is 11.9. The van der Waals surface area contributed by atoms with Crippen LogP contribution >= 0.6 is 34.9 Å². The minimum Gasteiger partial charge on any atom is -0.497 e. The summed E-state index contributed by atoms with van der Waals surface area (Å²) in [5.74, 6) is 1.76. The standard InChI is InChI=1S/C15H19N3O2S3/c1-10(13(19)18(2)3)22-15-17-16-14(23-15)21-9-11-5-7-12(20-4)8-6-11/h5-8,10H,9H2,1-4H3/t10-/m1/s1. The monoisotopic (exact) mass is 369 g/mol. The van der Waals surface area contributed by atoms with Crippen LogP contribution in [0.2, 0.25) is 0 Å². The molecule has 0 fully saturated rings. The summed E-state index contributed by atoms with van der Waals surface area (Å²) in [6.45, 7) is 1.89. The fourth-order valence-corrected chi connectivity index (χ4v) is 5.00. The van der Waals surface area contributed by atoms with Gasteiger partial charge in [0.05, 0.1) is 12.4 Å². The number of carbonyl (C=O) groups excluding carboxylic acids is 1. The third-order valence-electron chi connectivity index (χ3n) is 2.98. The zero-order valence-corrected chi connectivity index (χ0v) is 15.9. The molecule has 1 amide bonds. The van der Waals surface area contributed by atoms with Crippen molar-refractivity contribution in [3.8, 4) is 5.75 Å². The van der Waals surface area contributed by atoms with Crippen molar-refractivity contribution in [3.63, 3.8) is 0 Å². The summed E-state index contributed by atoms with van der Waals surface area (Å²) >= 11 is 4.62. The molecule has 0 saturated carbocycles. The number of ether oxygens (including phenoxy) is 1. The van der Waals surface area contributed by atoms with Crippen LogP contribution in [-0.2, 0) is 10.5 Å². The Bertz CT molecular complexity index is 644. The highest BCUT2D eigenvalue weighted by molar-refractivity contribution is 8.03. The van der Waals surface area contributed by atoms with Crippen molar-refractivity contribution in [1.82, 2.24) is 15.1 Å². The van der Waals surface area contributed by atoms with E-state index < -0.39 is 0 Å². The second-order valence-electron chi connectivity index (χ2n) is 4.96. The first kappa shape index (κ1) is 18.1. The van der Waals surface area contributed by atoms with E-state index in [4.69, 9.17) is 4.74 Å². The van der Waals surface area contributed by atoms with Gasteiger partial charge in [-0.05, 0) is 24.6 Å². The lowest BCUT2D eigenvalue weighted by molar-refractivity contribution is -0.127. The lowest BCUT2D eigenvalue weighted by Crippen LogP contribution is -2.29. The zero-order chi connectivity index (χ0) is 16.8. The fourth-order valence-electron chi connectivity index (χ4n) is 1.74. The Labute approximate surface area is 148 Å². The highest BCUT2D eigenvalue weighted by Gasteiger charge is 2.18. The van der Waals surface area contributed by atoms with E-state index in [-0.39, 0.29) is 11.2 Å². The summed E-state index contributed by atoms with van der Waals surface area (Å²) in [5.41, 5.74) is 1.20. The van der Waals surface area contributed by atoms with E-state index in [0.29, 0.717) is 0 Å². The average molecular weight is 370 g/mol. The Hall–Kier alpha value is -1.25. The Kier molecular flexibility index (Phi) is 6.73. The van der Waals surface area contributed by atoms with E-state index in [9.17, 15) is 4.79 Å². The third kappa shape index (κ3) is 5.40. The van der Waals surface area contributed by atoms with Gasteiger partial charge in [-0.25, -0.2) is 0 Å². The van der Waals surface area contributed by atoms with Crippen LogP contribution in [0.25, 0.3) is 0 Å². The van der Waals surface area contributed by atoms with Crippen molar-refractivity contribution >= 4 is 40.8 Å². The Morgan fingerprint density at radius 2 is 1.91 bits per heavy atom. The smallest absolute Gasteiger partial charge is 0.235 e. The van der Waals surface area contributed by atoms with E-state index in [1.165, 1.54) is 28.7 Å². The van der Waals surface area contributed by atoms with Gasteiger partial charge in [0.15, 0.2) is 8.68 Å². The van der Waals surface area contributed by atoms with Gasteiger partial charge in [0.25, 0.3) is 0 Å². The van der Waals surface area contributed by atoms with E-state index in [1.807, 2.05) is 31.2 Å². The second-order valence-corrected chi connectivity index (χ2v) is 8.75. The van der Waals surface area contributed by atoms with Crippen molar-refractivity contribution in [2.24, 2.45) is 0 Å². The molecule has 5 nitrogen and oxygen atoms in total. The first-order valence-electron chi connectivity index (χ1n) is 6.96. The highest BCUT2D eigenvalue weighted by Crippen LogP contribution is 2.33. The maximum atomic E-state index is 11.9. The van der Waals surface area contributed by atoms with Crippen molar-refractivity contribution < 1.29 is 9.53 Å². The summed E-state index contributed by atoms with van der Waals surface area (Å²) < 4.78 is 6.88. The maximum Gasteiger partial charge on any atom is 0.235 e. The molecule has 0 aliphatic rings. The Balaban J connectivity index is 1.88. The molecule has 1 heterocycles. The Morgan fingerprint density at radius 1 is 1.26 bits per heavy atom. The number of rotatable bonds is 7. The van der Waals surface area contributed by atoms with Gasteiger partial charge < -0.3 is 9.64 Å². The number of hydrogen-bond acceptors (Lipinski definition) is 7. The summed E-state index contributed by atoms with van der Waals surface area (Å²) in [7, 11) is 5.18. The molecule has 1 aromatic carbocycles. The molecular formula is C15H19N3O2S3. The molecule has 8 heteroatoms. The van der Waals surface area contributed by atoms with Crippen molar-refractivity contribution in [2.75, 3.05) is 21.2 Å². The van der Waals surface area contributed by atoms with Gasteiger partial charge in [0.2, 0.25) is 5.91 Å². The number of hydrogen-bond donors (Lipinski definition) is 0. The third-order valence-corrected chi connectivity index (χ3v) is 6.27. The number of aromatic nitrogens is 2. The van der Waals surface area contributed by atoms with E-state index in [0.717, 1.165) is 20.2 Å². The van der Waals surface area contributed by atoms with Crippen LogP contribution in [0.3, 0.4) is 0 Å². The van der Waals surface area contributed by atoms with Gasteiger partial charge >= 0.3 is 0 Å². The van der Waals surface area contributed by atoms with Crippen molar-refractivity contribution in [1.29, 1.82) is 0 Å². The molecule has 2 aromatic rings. The van der Waals surface area contributed by atoms with Crippen molar-refractivity contribution in [2.45, 2.75) is 26.6 Å². The molecule has 0 aliphatic heterocycles. The predicted octanol–water partition coefficient (Wildman–Crippen LogP) is 3.41. The van der Waals surface area contributed by atoms with Gasteiger partial charge in [0, 0.05) is 19.8 Å². The number of nitrogens with zero attached hydrogens (tertiary/aromatic N) is 3. The molecule has 0 bridgehead atoms. The van der Waals surface area contributed by atoms with E-state index in [1.54, 1.807) is 37.9 Å². The van der Waals surface area contributed by atoms with E-state index in [2.05, 4.69) is 10.2 Å². The lowest BCUT2D eigenvalue weighted by atomic mass is 10.2. The molecular weight excluding hydrogens is 350 g/mol. The summed E-state index contributed by atoms with van der Waals surface area (Å²) in [6, 6.07) is 7.98. The number of carbonyl (C=O) groups is 1. The lowest BCUT2D eigenvalue weighted by Gasteiger charge is -2.14. The molecule has 0 aliphatic carbocycles. The average Bonchev–Trinajstić information content (AvgIpc) is 2.99. The predicted molar refractivity (Wildman–Crippen MR) is 96.5 cm³/mol. The molecule has 1 aromatic heterocycles. The molecule has 0 N–H and O–H groups in total. The van der Waals surface area contributed by atoms with Gasteiger partial charge in [0.1, 0.15) is 5.75 Å². The van der Waals surface area contributed by atoms with Crippen molar-refractivity contribution in [3.05, 3.63) is 29.8 Å². The summed E-state index contributed by atoms with van der Waals surface area (Å²) in [5, 5.41) is 8.19. The second kappa shape index (κ2) is 8.56. The Morgan fingerprint density at radius 3 is 2.52 bits per heavy atom. The van der Waals surface area contributed by atoms with Gasteiger partial charge in [-0.3, -0.25) is 4.79 Å². The van der Waals surface area contributed by atoms with Crippen LogP contribution < -0.4 is 4.74 Å². The van der Waals surface area contributed by atoms with Gasteiger partial charge in [-0.15, -0.1) is 10.2 Å². The number of methoxy groups -OCH3 is 1. The van der Waals surface area contributed by atoms with Crippen LogP contribution in [0.1, 0.15) is 12.5 Å². The van der Waals surface area contributed by atoms with Crippen LogP contribution in [0.4, 0.5) is 0 Å². The first-order valence-corrected chi connectivity index (χ1v) is 9.65. The molecule has 0 spiro atoms. The van der Waals surface area contributed by atoms with Gasteiger partial charge in [-0.1, -0.05) is 47.0 Å². The first-order chi connectivity index (χ1) is 11.0. The van der Waals surface area contributed by atoms with Crippen LogP contribution in [-0.4, -0.2) is 47.5 Å². The molecule has 2 rings (SSSR count). The largest absolute Gasteiger partial charge is 0.497 e. The zero-order valence-electron chi connectivity index (χ0n) is 13.5. The SMILES string of the molecule is COc1ccc(CSc2nnc(S[C@H](C)C(=O)N(C)C)s2)cc1. The van der Waals surface area contributed by atoms with Gasteiger partial charge in [-0.2, -0.15) is 0 Å². The quantitative estimate of drug-likeness (QED) is 0.697. The molecule has 0 saturated heterocycles. The molecule has 124 valence electrons. The highest BCUT2D eigenvalue weighted by atomic mass is 32.2. The topological polar surface area (TPSA) is 55.3 Å². The number of amides is 1. The molecule has 23 heavy (non-hydrogen) atoms. The molecule has 0 radical (unpaired) electrons. The summed E-state index contributed by atoms with van der Waals surface area (Å²) in [4.78, 5) is 13.5. The minimum atomic E-state index is -0.155. The number of benzene rings is 1. The molecule has 0 unspecified atom stereocenters. The minimum absolute atomic E-state index is 0.0811. The summed E-state index contributed by atoms with van der Waals surface area (Å²) in [6.07, 6.45) is 0. The van der Waals surface area contributed by atoms with Crippen LogP contribution in [0.5, 0.6) is 5.75 Å². The van der Waals surface area contributed by atoms with Crippen LogP contribution in [0.15, 0.2) is 32.9 Å². The molecule has 1 atom stereocenters. The fraction of sp³-hybridized carbons (Fsp3) is 0.400. The number of thioether (sulfide) groups is 2.